The molecule has 2 aliphatic heterocycles. The molecule has 4 unspecified atom stereocenters. The Balaban J connectivity index is 1.56. The van der Waals surface area contributed by atoms with Crippen molar-refractivity contribution in [3.63, 3.8) is 0 Å². The second kappa shape index (κ2) is 34.7. The van der Waals surface area contributed by atoms with E-state index in [1.165, 1.54) is 122 Å². The first-order valence-electron chi connectivity index (χ1n) is 24.1. The van der Waals surface area contributed by atoms with Crippen LogP contribution in [0.4, 0.5) is 0 Å². The molecule has 4 atom stereocenters. The van der Waals surface area contributed by atoms with Crippen LogP contribution in [0.5, 0.6) is 0 Å². The highest BCUT2D eigenvalue weighted by Crippen LogP contribution is 2.35. The summed E-state index contributed by atoms with van der Waals surface area (Å²) in [4.78, 5) is 27.0. The Morgan fingerprint density at radius 3 is 1.81 bits per heavy atom. The maximum Gasteiger partial charge on any atom is 0.305 e. The predicted molar refractivity (Wildman–Crippen MR) is 235 cm³/mol. The quantitative estimate of drug-likeness (QED) is 0.0352. The number of carbonyl (C=O) groups excluding carboxylic acids is 2. The Labute approximate surface area is 350 Å². The predicted octanol–water partition coefficient (Wildman–Crippen LogP) is 13.1. The van der Waals surface area contributed by atoms with Gasteiger partial charge in [0.2, 0.25) is 0 Å². The molecule has 2 fully saturated rings. The van der Waals surface area contributed by atoms with Crippen molar-refractivity contribution in [1.29, 1.82) is 0 Å². The topological polar surface area (TPSA) is 74.3 Å². The summed E-state index contributed by atoms with van der Waals surface area (Å²) in [6, 6.07) is 0. The number of hydrogen-bond acceptors (Lipinski definition) is 7. The molecule has 0 N–H and O–H groups in total. The van der Waals surface area contributed by atoms with E-state index in [9.17, 15) is 9.59 Å². The van der Waals surface area contributed by atoms with Crippen LogP contribution in [0.1, 0.15) is 213 Å². The lowest BCUT2D eigenvalue weighted by Crippen LogP contribution is -2.35. The Morgan fingerprint density at radius 1 is 0.719 bits per heavy atom. The summed E-state index contributed by atoms with van der Waals surface area (Å²) in [5.74, 6) is 0.490. The Kier molecular flexibility index (Phi) is 31.1. The van der Waals surface area contributed by atoms with Crippen molar-refractivity contribution < 1.29 is 28.5 Å². The summed E-state index contributed by atoms with van der Waals surface area (Å²) < 4.78 is 24.3. The van der Waals surface area contributed by atoms with Gasteiger partial charge in [-0.2, -0.15) is 0 Å². The molecule has 0 bridgehead atoms. The van der Waals surface area contributed by atoms with Crippen LogP contribution >= 0.6 is 0 Å². The van der Waals surface area contributed by atoms with Crippen LogP contribution in [0.15, 0.2) is 29.8 Å². The van der Waals surface area contributed by atoms with E-state index in [4.69, 9.17) is 18.9 Å². The van der Waals surface area contributed by atoms with E-state index in [-0.39, 0.29) is 18.0 Å². The van der Waals surface area contributed by atoms with Crippen molar-refractivity contribution >= 4 is 11.9 Å². The van der Waals surface area contributed by atoms with Gasteiger partial charge in [-0.3, -0.25) is 9.59 Å². The molecular formula is C50H87NO6. The van der Waals surface area contributed by atoms with Gasteiger partial charge in [0.25, 0.3) is 0 Å². The van der Waals surface area contributed by atoms with Gasteiger partial charge in [-0.15, -0.1) is 0 Å². The van der Waals surface area contributed by atoms with Gasteiger partial charge < -0.3 is 23.8 Å². The molecule has 57 heavy (non-hydrogen) atoms. The van der Waals surface area contributed by atoms with E-state index in [0.717, 1.165) is 83.8 Å². The van der Waals surface area contributed by atoms with E-state index < -0.39 is 5.79 Å². The SMILES string of the molecule is C=C=C=C=CC(CCCCC)CCOC(=O)CCCCCCCCCC1(CCCCCCCCCC(=O)OCCC(C)CCCCC)OCC(CN2CCCC2)O1. The lowest BCUT2D eigenvalue weighted by molar-refractivity contribution is -0.180. The summed E-state index contributed by atoms with van der Waals surface area (Å²) in [6.07, 6.45) is 35.4. The van der Waals surface area contributed by atoms with Gasteiger partial charge in [0.15, 0.2) is 5.79 Å². The minimum absolute atomic E-state index is 0.0202. The highest BCUT2D eigenvalue weighted by Gasteiger charge is 2.41. The third-order valence-corrected chi connectivity index (χ3v) is 12.0. The van der Waals surface area contributed by atoms with Crippen molar-refractivity contribution in [2.75, 3.05) is 39.5 Å². The maximum atomic E-state index is 12.3. The number of allylic oxidation sites excluding steroid dienone is 1. The molecule has 2 rings (SSSR count). The van der Waals surface area contributed by atoms with E-state index in [2.05, 4.69) is 49.4 Å². The molecule has 328 valence electrons. The fraction of sp³-hybridized carbons (Fsp3) is 0.860. The monoisotopic (exact) mass is 798 g/mol. The van der Waals surface area contributed by atoms with E-state index in [0.29, 0.717) is 37.9 Å². The van der Waals surface area contributed by atoms with Gasteiger partial charge in [0, 0.05) is 32.2 Å². The second-order valence-electron chi connectivity index (χ2n) is 17.4. The number of unbranched alkanes of at least 4 members (excludes halogenated alkanes) is 16. The zero-order valence-electron chi connectivity index (χ0n) is 37.4. The molecule has 0 aromatic rings. The van der Waals surface area contributed by atoms with Crippen LogP contribution in [0.2, 0.25) is 0 Å². The van der Waals surface area contributed by atoms with Gasteiger partial charge in [-0.25, -0.2) is 0 Å². The number of rotatable bonds is 37. The van der Waals surface area contributed by atoms with Crippen LogP contribution < -0.4 is 0 Å². The molecule has 0 aromatic heterocycles. The molecular weight excluding hydrogens is 711 g/mol. The third-order valence-electron chi connectivity index (χ3n) is 12.0. The number of ether oxygens (including phenoxy) is 4. The minimum Gasteiger partial charge on any atom is -0.466 e. The van der Waals surface area contributed by atoms with Crippen molar-refractivity contribution in [3.05, 3.63) is 29.8 Å². The van der Waals surface area contributed by atoms with Gasteiger partial charge in [-0.1, -0.05) is 141 Å². The Morgan fingerprint density at radius 2 is 1.25 bits per heavy atom. The summed E-state index contributed by atoms with van der Waals surface area (Å²) >= 11 is 0. The summed E-state index contributed by atoms with van der Waals surface area (Å²) in [5.41, 5.74) is 8.41. The highest BCUT2D eigenvalue weighted by atomic mass is 16.7. The molecule has 0 saturated carbocycles. The fourth-order valence-corrected chi connectivity index (χ4v) is 8.35. The molecule has 2 saturated heterocycles. The van der Waals surface area contributed by atoms with Crippen molar-refractivity contribution in [2.24, 2.45) is 11.8 Å². The first-order valence-corrected chi connectivity index (χ1v) is 24.1. The summed E-state index contributed by atoms with van der Waals surface area (Å²) in [6.45, 7) is 15.4. The number of nitrogens with zero attached hydrogens (tertiary/aromatic N) is 1. The van der Waals surface area contributed by atoms with Crippen LogP contribution in [-0.2, 0) is 28.5 Å². The molecule has 2 heterocycles. The first kappa shape index (κ1) is 51.0. The van der Waals surface area contributed by atoms with Crippen LogP contribution in [0, 0.1) is 11.8 Å². The zero-order chi connectivity index (χ0) is 41.1. The van der Waals surface area contributed by atoms with E-state index in [1.54, 1.807) is 0 Å². The van der Waals surface area contributed by atoms with Gasteiger partial charge in [0.05, 0.1) is 25.9 Å². The molecule has 2 aliphatic rings. The van der Waals surface area contributed by atoms with Crippen molar-refractivity contribution in [2.45, 2.75) is 225 Å². The second-order valence-corrected chi connectivity index (χ2v) is 17.4. The summed E-state index contributed by atoms with van der Waals surface area (Å²) in [7, 11) is 0. The molecule has 7 nitrogen and oxygen atoms in total. The standard InChI is InChI=1S/C50H87NO6/c1-5-8-21-30-45(4)35-41-54-48(52)33-24-17-13-11-15-19-26-37-50(56-44-47(57-50)43-51-39-28-29-40-51)38-27-20-16-12-14-18-25-34-49(53)55-42-36-46(31-22-9-6-2)32-23-10-7-3/h31,45-47H,2,5,7-8,10-21,23-30,32-44H2,1,3-4H3. The van der Waals surface area contributed by atoms with Crippen LogP contribution in [0.3, 0.4) is 0 Å². The number of carbonyl (C=O) groups is 2. The van der Waals surface area contributed by atoms with Gasteiger partial charge >= 0.3 is 11.9 Å². The molecule has 7 heteroatoms. The van der Waals surface area contributed by atoms with Gasteiger partial charge in [0.1, 0.15) is 0 Å². The van der Waals surface area contributed by atoms with Crippen LogP contribution in [-0.4, -0.2) is 68.2 Å². The molecule has 0 spiro atoms. The van der Waals surface area contributed by atoms with E-state index >= 15 is 0 Å². The average Bonchev–Trinajstić information content (AvgIpc) is 3.87. The number of esters is 2. The Hall–Kier alpha value is -2.10. The fourth-order valence-electron chi connectivity index (χ4n) is 8.35. The first-order chi connectivity index (χ1) is 27.9. The lowest BCUT2D eigenvalue weighted by Gasteiger charge is -2.29. The smallest absolute Gasteiger partial charge is 0.305 e. The lowest BCUT2D eigenvalue weighted by atomic mass is 9.98. The minimum atomic E-state index is -0.413. The van der Waals surface area contributed by atoms with Crippen molar-refractivity contribution in [3.8, 4) is 0 Å². The molecule has 0 aromatic carbocycles. The number of hydrogen-bond donors (Lipinski definition) is 0. The third kappa shape index (κ3) is 27.3. The van der Waals surface area contributed by atoms with Crippen LogP contribution in [0.25, 0.3) is 0 Å². The van der Waals surface area contributed by atoms with Crippen molar-refractivity contribution in [1.82, 2.24) is 4.90 Å². The van der Waals surface area contributed by atoms with E-state index in [1.807, 2.05) is 6.08 Å². The molecule has 0 radical (unpaired) electrons. The zero-order valence-corrected chi connectivity index (χ0v) is 37.4. The average molecular weight is 798 g/mol. The Bertz CT molecular complexity index is 1130. The number of likely N-dealkylation sites (tertiary alicyclic amines) is 1. The molecule has 0 aliphatic carbocycles. The highest BCUT2D eigenvalue weighted by molar-refractivity contribution is 5.69. The van der Waals surface area contributed by atoms with Gasteiger partial charge in [-0.05, 0) is 101 Å². The molecule has 0 amide bonds. The normalized spacial score (nSPS) is 19.1. The summed E-state index contributed by atoms with van der Waals surface area (Å²) in [5, 5.41) is 0. The maximum absolute atomic E-state index is 12.3. The largest absolute Gasteiger partial charge is 0.466 e.